The van der Waals surface area contributed by atoms with E-state index in [0.29, 0.717) is 5.56 Å². The zero-order chi connectivity index (χ0) is 10.1. The van der Waals surface area contributed by atoms with Crippen LogP contribution in [0, 0.1) is 6.92 Å². The largest absolute Gasteiger partial charge is 0.478 e. The molecule has 3 nitrogen and oxygen atoms in total. The maximum absolute atomic E-state index is 10.9. The van der Waals surface area contributed by atoms with Crippen LogP contribution in [0.2, 0.25) is 0 Å². The second-order valence-corrected chi connectivity index (χ2v) is 3.11. The summed E-state index contributed by atoms with van der Waals surface area (Å²) in [7, 11) is 0. The van der Waals surface area contributed by atoms with Gasteiger partial charge in [0.2, 0.25) is 0 Å². The molecule has 0 fully saturated rings. The van der Waals surface area contributed by atoms with Gasteiger partial charge in [-0.25, -0.2) is 4.79 Å². The van der Waals surface area contributed by atoms with Crippen molar-refractivity contribution in [1.29, 1.82) is 0 Å². The second-order valence-electron chi connectivity index (χ2n) is 3.11. The van der Waals surface area contributed by atoms with Crippen molar-refractivity contribution in [3.63, 3.8) is 0 Å². The van der Waals surface area contributed by atoms with Crippen LogP contribution >= 0.6 is 0 Å². The number of rotatable bonds is 1. The van der Waals surface area contributed by atoms with Crippen LogP contribution < -0.4 is 0 Å². The maximum Gasteiger partial charge on any atom is 0.336 e. The van der Waals surface area contributed by atoms with E-state index in [1.807, 2.05) is 19.1 Å². The molecule has 0 bridgehead atoms. The molecule has 0 amide bonds. The lowest BCUT2D eigenvalue weighted by Crippen LogP contribution is -1.99. The fourth-order valence-electron chi connectivity index (χ4n) is 1.58. The monoisotopic (exact) mass is 187 g/mol. The molecule has 70 valence electrons. The molecule has 0 aliphatic rings. The van der Waals surface area contributed by atoms with Crippen LogP contribution in [-0.2, 0) is 0 Å². The summed E-state index contributed by atoms with van der Waals surface area (Å²) in [6, 6.07) is 7.04. The van der Waals surface area contributed by atoms with Crippen LogP contribution in [0.1, 0.15) is 16.1 Å². The lowest BCUT2D eigenvalue weighted by Gasteiger charge is -2.03. The van der Waals surface area contributed by atoms with Gasteiger partial charge >= 0.3 is 5.97 Å². The molecular weight excluding hydrogens is 178 g/mol. The normalized spacial score (nSPS) is 10.4. The summed E-state index contributed by atoms with van der Waals surface area (Å²) < 4.78 is 0. The van der Waals surface area contributed by atoms with Gasteiger partial charge in [-0.15, -0.1) is 0 Å². The van der Waals surface area contributed by atoms with E-state index in [-0.39, 0.29) is 0 Å². The quantitative estimate of drug-likeness (QED) is 0.744. The van der Waals surface area contributed by atoms with Gasteiger partial charge in [-0.3, -0.25) is 4.98 Å². The third-order valence-electron chi connectivity index (χ3n) is 2.21. The molecule has 2 aromatic rings. The molecule has 0 unspecified atom stereocenters. The van der Waals surface area contributed by atoms with Crippen LogP contribution in [0.25, 0.3) is 10.8 Å². The Morgan fingerprint density at radius 3 is 2.86 bits per heavy atom. The molecule has 0 aliphatic carbocycles. The molecule has 0 saturated carbocycles. The predicted octanol–water partition coefficient (Wildman–Crippen LogP) is 2.24. The average Bonchev–Trinajstić information content (AvgIpc) is 2.17. The summed E-state index contributed by atoms with van der Waals surface area (Å²) in [5, 5.41) is 10.6. The highest BCUT2D eigenvalue weighted by Crippen LogP contribution is 2.20. The molecule has 1 heterocycles. The summed E-state index contributed by atoms with van der Waals surface area (Å²) >= 11 is 0. The number of aryl methyl sites for hydroxylation is 1. The number of pyridine rings is 1. The molecule has 0 saturated heterocycles. The van der Waals surface area contributed by atoms with Gasteiger partial charge in [0.25, 0.3) is 0 Å². The number of nitrogens with zero attached hydrogens (tertiary/aromatic N) is 1. The fourth-order valence-corrected chi connectivity index (χ4v) is 1.58. The van der Waals surface area contributed by atoms with Gasteiger partial charge in [-0.1, -0.05) is 12.1 Å². The molecule has 2 rings (SSSR count). The minimum atomic E-state index is -0.910. The van der Waals surface area contributed by atoms with E-state index in [0.717, 1.165) is 16.5 Å². The number of carboxylic acids is 1. The maximum atomic E-state index is 10.9. The second kappa shape index (κ2) is 3.10. The van der Waals surface area contributed by atoms with Crippen LogP contribution in [-0.4, -0.2) is 16.1 Å². The Hall–Kier alpha value is -1.90. The molecule has 0 atom stereocenters. The minimum Gasteiger partial charge on any atom is -0.478 e. The van der Waals surface area contributed by atoms with Crippen LogP contribution in [0.4, 0.5) is 0 Å². The van der Waals surface area contributed by atoms with Gasteiger partial charge in [0, 0.05) is 17.3 Å². The van der Waals surface area contributed by atoms with Crippen LogP contribution in [0.15, 0.2) is 30.5 Å². The zero-order valence-corrected chi connectivity index (χ0v) is 7.69. The SMILES string of the molecule is Cc1nccc2cccc(C(=O)O)c12. The Bertz CT molecular complexity index is 500. The van der Waals surface area contributed by atoms with Crippen molar-refractivity contribution in [2.75, 3.05) is 0 Å². The lowest BCUT2D eigenvalue weighted by atomic mass is 10.0. The van der Waals surface area contributed by atoms with Crippen molar-refractivity contribution in [3.05, 3.63) is 41.7 Å². The first-order chi connectivity index (χ1) is 6.70. The smallest absolute Gasteiger partial charge is 0.336 e. The minimum absolute atomic E-state index is 0.313. The zero-order valence-electron chi connectivity index (χ0n) is 7.69. The number of carboxylic acid groups (broad SMARTS) is 1. The van der Waals surface area contributed by atoms with Gasteiger partial charge < -0.3 is 5.11 Å². The van der Waals surface area contributed by atoms with E-state index in [9.17, 15) is 4.79 Å². The number of aromatic carboxylic acids is 1. The first kappa shape index (κ1) is 8.69. The van der Waals surface area contributed by atoms with Gasteiger partial charge in [0.05, 0.1) is 5.56 Å². The van der Waals surface area contributed by atoms with Crippen LogP contribution in [0.5, 0.6) is 0 Å². The summed E-state index contributed by atoms with van der Waals surface area (Å²) in [6.45, 7) is 1.81. The molecule has 14 heavy (non-hydrogen) atoms. The Morgan fingerprint density at radius 2 is 2.14 bits per heavy atom. The highest BCUT2D eigenvalue weighted by atomic mass is 16.4. The van der Waals surface area contributed by atoms with Crippen molar-refractivity contribution in [3.8, 4) is 0 Å². The number of benzene rings is 1. The molecular formula is C11H9NO2. The molecule has 0 spiro atoms. The summed E-state index contributed by atoms with van der Waals surface area (Å²) in [5.74, 6) is -0.910. The van der Waals surface area contributed by atoms with Gasteiger partial charge in [-0.2, -0.15) is 0 Å². The van der Waals surface area contributed by atoms with Crippen LogP contribution in [0.3, 0.4) is 0 Å². The Balaban J connectivity index is 2.91. The number of aromatic nitrogens is 1. The molecule has 0 aliphatic heterocycles. The highest BCUT2D eigenvalue weighted by Gasteiger charge is 2.09. The molecule has 1 N–H and O–H groups in total. The summed E-state index contributed by atoms with van der Waals surface area (Å²) in [4.78, 5) is 15.0. The van der Waals surface area contributed by atoms with E-state index in [1.165, 1.54) is 0 Å². The Labute approximate surface area is 81.0 Å². The molecule has 1 aromatic heterocycles. The number of hydrogen-bond acceptors (Lipinski definition) is 2. The number of carbonyl (C=O) groups is 1. The van der Waals surface area contributed by atoms with E-state index in [4.69, 9.17) is 5.11 Å². The Morgan fingerprint density at radius 1 is 1.36 bits per heavy atom. The van der Waals surface area contributed by atoms with Gasteiger partial charge in [0.15, 0.2) is 0 Å². The van der Waals surface area contributed by atoms with Crippen molar-refractivity contribution in [1.82, 2.24) is 4.98 Å². The van der Waals surface area contributed by atoms with E-state index < -0.39 is 5.97 Å². The van der Waals surface area contributed by atoms with E-state index in [1.54, 1.807) is 18.3 Å². The number of hydrogen-bond donors (Lipinski definition) is 1. The first-order valence-electron chi connectivity index (χ1n) is 4.28. The third kappa shape index (κ3) is 1.23. The van der Waals surface area contributed by atoms with Gasteiger partial charge in [-0.05, 0) is 24.4 Å². The molecule has 0 radical (unpaired) electrons. The molecule has 3 heteroatoms. The Kier molecular flexibility index (Phi) is 1.93. The number of fused-ring (bicyclic) bond motifs is 1. The molecule has 1 aromatic carbocycles. The summed E-state index contributed by atoms with van der Waals surface area (Å²) in [5.41, 5.74) is 1.06. The van der Waals surface area contributed by atoms with Crippen molar-refractivity contribution >= 4 is 16.7 Å². The van der Waals surface area contributed by atoms with Crippen molar-refractivity contribution < 1.29 is 9.90 Å². The predicted molar refractivity (Wildman–Crippen MR) is 53.4 cm³/mol. The standard InChI is InChI=1S/C11H9NO2/c1-7-10-8(5-6-12-7)3-2-4-9(10)11(13)14/h2-6H,1H3,(H,13,14). The fraction of sp³-hybridized carbons (Fsp3) is 0.0909. The summed E-state index contributed by atoms with van der Waals surface area (Å²) in [6.07, 6.45) is 1.68. The van der Waals surface area contributed by atoms with Crippen molar-refractivity contribution in [2.24, 2.45) is 0 Å². The third-order valence-corrected chi connectivity index (χ3v) is 2.21. The van der Waals surface area contributed by atoms with Gasteiger partial charge in [0.1, 0.15) is 0 Å². The van der Waals surface area contributed by atoms with E-state index in [2.05, 4.69) is 4.98 Å². The topological polar surface area (TPSA) is 50.2 Å². The first-order valence-corrected chi connectivity index (χ1v) is 4.28. The van der Waals surface area contributed by atoms with E-state index >= 15 is 0 Å². The average molecular weight is 187 g/mol. The highest BCUT2D eigenvalue weighted by molar-refractivity contribution is 6.04. The lowest BCUT2D eigenvalue weighted by molar-refractivity contribution is 0.0699. The van der Waals surface area contributed by atoms with Crippen molar-refractivity contribution in [2.45, 2.75) is 6.92 Å².